The molecule has 1 aromatic rings. The Kier molecular flexibility index (Phi) is 3.57. The third-order valence-corrected chi connectivity index (χ3v) is 2.97. The van der Waals surface area contributed by atoms with E-state index in [1.807, 2.05) is 6.07 Å². The van der Waals surface area contributed by atoms with Crippen LogP contribution in [-0.2, 0) is 11.3 Å². The van der Waals surface area contributed by atoms with Crippen LogP contribution >= 0.6 is 0 Å². The Bertz CT molecular complexity index is 305. The first kappa shape index (κ1) is 10.4. The molecule has 1 nitrogen and oxygen atoms in total. The van der Waals surface area contributed by atoms with Crippen molar-refractivity contribution >= 4 is 0 Å². The summed E-state index contributed by atoms with van der Waals surface area (Å²) in [7, 11) is 0. The SMILES string of the molecule is C=C1CCC(OCc2ccccc2)CC1. The van der Waals surface area contributed by atoms with Crippen LogP contribution in [0.5, 0.6) is 0 Å². The second-order valence-electron chi connectivity index (χ2n) is 4.25. The Morgan fingerprint density at radius 2 is 1.80 bits per heavy atom. The predicted molar refractivity (Wildman–Crippen MR) is 62.6 cm³/mol. The Labute approximate surface area is 91.8 Å². The fourth-order valence-electron chi connectivity index (χ4n) is 1.95. The molecule has 1 aromatic carbocycles. The molecular formula is C14H18O. The number of benzene rings is 1. The van der Waals surface area contributed by atoms with Gasteiger partial charge in [0, 0.05) is 0 Å². The van der Waals surface area contributed by atoms with Crippen molar-refractivity contribution in [2.24, 2.45) is 0 Å². The van der Waals surface area contributed by atoms with Gasteiger partial charge in [-0.05, 0) is 31.2 Å². The molecule has 1 aliphatic rings. The van der Waals surface area contributed by atoms with Gasteiger partial charge in [-0.1, -0.05) is 42.5 Å². The van der Waals surface area contributed by atoms with E-state index in [0.717, 1.165) is 32.3 Å². The van der Waals surface area contributed by atoms with E-state index in [2.05, 4.69) is 30.8 Å². The van der Waals surface area contributed by atoms with Crippen LogP contribution in [0, 0.1) is 0 Å². The summed E-state index contributed by atoms with van der Waals surface area (Å²) in [5.41, 5.74) is 2.65. The van der Waals surface area contributed by atoms with E-state index in [1.54, 1.807) is 0 Å². The summed E-state index contributed by atoms with van der Waals surface area (Å²) in [6, 6.07) is 10.4. The zero-order chi connectivity index (χ0) is 10.5. The number of hydrogen-bond acceptors (Lipinski definition) is 1. The van der Waals surface area contributed by atoms with Crippen LogP contribution in [-0.4, -0.2) is 6.10 Å². The average molecular weight is 202 g/mol. The zero-order valence-corrected chi connectivity index (χ0v) is 9.11. The highest BCUT2D eigenvalue weighted by Crippen LogP contribution is 2.24. The fraction of sp³-hybridized carbons (Fsp3) is 0.429. The third-order valence-electron chi connectivity index (χ3n) is 2.97. The van der Waals surface area contributed by atoms with Crippen LogP contribution in [0.1, 0.15) is 31.2 Å². The summed E-state index contributed by atoms with van der Waals surface area (Å²) < 4.78 is 5.88. The zero-order valence-electron chi connectivity index (χ0n) is 9.11. The number of allylic oxidation sites excluding steroid dienone is 1. The lowest BCUT2D eigenvalue weighted by molar-refractivity contribution is 0.0236. The van der Waals surface area contributed by atoms with E-state index in [-0.39, 0.29) is 0 Å². The lowest BCUT2D eigenvalue weighted by atomic mass is 9.94. The Balaban J connectivity index is 1.77. The summed E-state index contributed by atoms with van der Waals surface area (Å²) in [5, 5.41) is 0. The molecule has 0 amide bonds. The molecular weight excluding hydrogens is 184 g/mol. The molecule has 0 bridgehead atoms. The van der Waals surface area contributed by atoms with E-state index in [9.17, 15) is 0 Å². The average Bonchev–Trinajstić information content (AvgIpc) is 2.30. The van der Waals surface area contributed by atoms with E-state index in [1.165, 1.54) is 11.1 Å². The van der Waals surface area contributed by atoms with Crippen molar-refractivity contribution in [3.8, 4) is 0 Å². The molecule has 0 atom stereocenters. The van der Waals surface area contributed by atoms with E-state index >= 15 is 0 Å². The second-order valence-corrected chi connectivity index (χ2v) is 4.25. The van der Waals surface area contributed by atoms with Crippen molar-refractivity contribution in [3.05, 3.63) is 48.0 Å². The van der Waals surface area contributed by atoms with Crippen LogP contribution in [0.3, 0.4) is 0 Å². The molecule has 0 spiro atoms. The maximum absolute atomic E-state index is 5.88. The Hall–Kier alpha value is -1.08. The minimum atomic E-state index is 0.440. The van der Waals surface area contributed by atoms with Crippen molar-refractivity contribution in [1.82, 2.24) is 0 Å². The Morgan fingerprint density at radius 1 is 1.13 bits per heavy atom. The highest BCUT2D eigenvalue weighted by Gasteiger charge is 2.15. The van der Waals surface area contributed by atoms with Gasteiger partial charge >= 0.3 is 0 Å². The van der Waals surface area contributed by atoms with Crippen LogP contribution in [0.25, 0.3) is 0 Å². The highest BCUT2D eigenvalue weighted by atomic mass is 16.5. The van der Waals surface area contributed by atoms with Crippen LogP contribution in [0.15, 0.2) is 42.5 Å². The summed E-state index contributed by atoms with van der Waals surface area (Å²) in [4.78, 5) is 0. The van der Waals surface area contributed by atoms with Gasteiger partial charge in [-0.25, -0.2) is 0 Å². The molecule has 80 valence electrons. The summed E-state index contributed by atoms with van der Waals surface area (Å²) in [5.74, 6) is 0. The first-order chi connectivity index (χ1) is 7.34. The molecule has 1 heteroatoms. The first-order valence-corrected chi connectivity index (χ1v) is 5.67. The lowest BCUT2D eigenvalue weighted by Gasteiger charge is -2.23. The predicted octanol–water partition coefficient (Wildman–Crippen LogP) is 3.70. The smallest absolute Gasteiger partial charge is 0.0720 e. The quantitative estimate of drug-likeness (QED) is 0.679. The maximum atomic E-state index is 5.88. The molecule has 0 radical (unpaired) electrons. The lowest BCUT2D eigenvalue weighted by Crippen LogP contribution is -2.17. The van der Waals surface area contributed by atoms with Crippen molar-refractivity contribution in [3.63, 3.8) is 0 Å². The molecule has 15 heavy (non-hydrogen) atoms. The summed E-state index contributed by atoms with van der Waals surface area (Å²) in [6.07, 6.45) is 5.01. The van der Waals surface area contributed by atoms with E-state index in [0.29, 0.717) is 6.10 Å². The minimum absolute atomic E-state index is 0.440. The molecule has 1 aliphatic carbocycles. The largest absolute Gasteiger partial charge is 0.374 e. The molecule has 0 heterocycles. The molecule has 0 aromatic heterocycles. The molecule has 0 aliphatic heterocycles. The normalized spacial score (nSPS) is 18.0. The van der Waals surface area contributed by atoms with Crippen molar-refractivity contribution in [2.45, 2.75) is 38.4 Å². The van der Waals surface area contributed by atoms with Crippen molar-refractivity contribution < 1.29 is 4.74 Å². The monoisotopic (exact) mass is 202 g/mol. The summed E-state index contributed by atoms with van der Waals surface area (Å²) in [6.45, 7) is 4.76. The van der Waals surface area contributed by atoms with Crippen LogP contribution in [0.2, 0.25) is 0 Å². The van der Waals surface area contributed by atoms with Gasteiger partial charge in [-0.3, -0.25) is 0 Å². The van der Waals surface area contributed by atoms with Gasteiger partial charge in [-0.2, -0.15) is 0 Å². The molecule has 0 N–H and O–H groups in total. The molecule has 1 saturated carbocycles. The molecule has 0 saturated heterocycles. The number of hydrogen-bond donors (Lipinski definition) is 0. The fourth-order valence-corrected chi connectivity index (χ4v) is 1.95. The number of ether oxygens (including phenoxy) is 1. The van der Waals surface area contributed by atoms with E-state index < -0.39 is 0 Å². The summed E-state index contributed by atoms with van der Waals surface area (Å²) >= 11 is 0. The van der Waals surface area contributed by atoms with Gasteiger partial charge < -0.3 is 4.74 Å². The van der Waals surface area contributed by atoms with Gasteiger partial charge in [0.2, 0.25) is 0 Å². The Morgan fingerprint density at radius 3 is 2.47 bits per heavy atom. The van der Waals surface area contributed by atoms with Gasteiger partial charge in [0.15, 0.2) is 0 Å². The van der Waals surface area contributed by atoms with E-state index in [4.69, 9.17) is 4.74 Å². The number of rotatable bonds is 3. The first-order valence-electron chi connectivity index (χ1n) is 5.67. The van der Waals surface area contributed by atoms with Gasteiger partial charge in [0.1, 0.15) is 0 Å². The standard InChI is InChI=1S/C14H18O/c1-12-7-9-14(10-8-12)15-11-13-5-3-2-4-6-13/h2-6,14H,1,7-11H2. The van der Waals surface area contributed by atoms with Gasteiger partial charge in [0.05, 0.1) is 12.7 Å². The van der Waals surface area contributed by atoms with Crippen molar-refractivity contribution in [1.29, 1.82) is 0 Å². The van der Waals surface area contributed by atoms with Crippen LogP contribution in [0.4, 0.5) is 0 Å². The topological polar surface area (TPSA) is 9.23 Å². The maximum Gasteiger partial charge on any atom is 0.0720 e. The second kappa shape index (κ2) is 5.13. The highest BCUT2D eigenvalue weighted by molar-refractivity contribution is 5.13. The van der Waals surface area contributed by atoms with Crippen LogP contribution < -0.4 is 0 Å². The van der Waals surface area contributed by atoms with Gasteiger partial charge in [-0.15, -0.1) is 0 Å². The van der Waals surface area contributed by atoms with Gasteiger partial charge in [0.25, 0.3) is 0 Å². The molecule has 2 rings (SSSR count). The third kappa shape index (κ3) is 3.21. The van der Waals surface area contributed by atoms with Crippen molar-refractivity contribution in [2.75, 3.05) is 0 Å². The molecule has 1 fully saturated rings. The molecule has 0 unspecified atom stereocenters. The minimum Gasteiger partial charge on any atom is -0.374 e.